The number of nitrogens with zero attached hydrogens (tertiary/aromatic N) is 4. The zero-order valence-electron chi connectivity index (χ0n) is 43.0. The fraction of sp³-hybridized carbons (Fsp3) is 0.0411. The second kappa shape index (κ2) is 17.1. The highest BCUT2D eigenvalue weighted by Crippen LogP contribution is 2.52. The van der Waals surface area contributed by atoms with E-state index in [1.165, 1.54) is 76.9 Å². The van der Waals surface area contributed by atoms with Gasteiger partial charge in [0.05, 0.1) is 44.3 Å². The molecule has 0 N–H and O–H groups in total. The number of allylic oxidation sites excluding steroid dienone is 1. The van der Waals surface area contributed by atoms with Gasteiger partial charge in [0.2, 0.25) is 0 Å². The Balaban J connectivity index is 0.888. The number of hydrogen-bond donors (Lipinski definition) is 0. The van der Waals surface area contributed by atoms with E-state index in [-0.39, 0.29) is 5.41 Å². The van der Waals surface area contributed by atoms with E-state index in [0.717, 1.165) is 66.4 Å². The van der Waals surface area contributed by atoms with Crippen LogP contribution in [0.15, 0.2) is 255 Å². The summed E-state index contributed by atoms with van der Waals surface area (Å²) in [6, 6.07) is 90.8. The zero-order chi connectivity index (χ0) is 51.5. The Kier molecular flexibility index (Phi) is 9.88. The summed E-state index contributed by atoms with van der Waals surface area (Å²) in [5.74, 6) is 0. The van der Waals surface area contributed by atoms with Crippen molar-refractivity contribution in [1.82, 2.24) is 13.7 Å². The Morgan fingerprint density at radius 2 is 0.870 bits per heavy atom. The molecule has 14 aromatic rings. The molecule has 0 atom stereocenters. The van der Waals surface area contributed by atoms with Gasteiger partial charge in [-0.25, -0.2) is 0 Å². The number of fused-ring (bicyclic) bond motifs is 11. The van der Waals surface area contributed by atoms with Crippen LogP contribution in [0.1, 0.15) is 30.5 Å². The van der Waals surface area contributed by atoms with E-state index in [0.29, 0.717) is 0 Å². The summed E-state index contributed by atoms with van der Waals surface area (Å²) in [5.41, 5.74) is 19.4. The molecule has 0 aliphatic heterocycles. The lowest BCUT2D eigenvalue weighted by Gasteiger charge is -2.30. The van der Waals surface area contributed by atoms with Crippen LogP contribution < -0.4 is 15.5 Å². The van der Waals surface area contributed by atoms with E-state index in [1.807, 2.05) is 0 Å². The average Bonchev–Trinajstić information content (AvgIpc) is 4.22. The van der Waals surface area contributed by atoms with E-state index in [1.54, 1.807) is 0 Å². The topological polar surface area (TPSA) is 18.0 Å². The quantitative estimate of drug-likeness (QED) is 0.148. The van der Waals surface area contributed by atoms with E-state index in [2.05, 4.69) is 300 Å². The molecule has 3 heterocycles. The predicted octanol–water partition coefficient (Wildman–Crippen LogP) is 17.7. The number of benzene rings is 11. The Bertz CT molecular complexity index is 4760. The van der Waals surface area contributed by atoms with Crippen molar-refractivity contribution in [2.24, 2.45) is 0 Å². The van der Waals surface area contributed by atoms with Gasteiger partial charge >= 0.3 is 0 Å². The van der Waals surface area contributed by atoms with Crippen LogP contribution >= 0.6 is 0 Å². The molecule has 364 valence electrons. The average molecular weight is 985 g/mol. The van der Waals surface area contributed by atoms with E-state index in [4.69, 9.17) is 0 Å². The molecular weight excluding hydrogens is 933 g/mol. The summed E-state index contributed by atoms with van der Waals surface area (Å²) in [7, 11) is 0. The Morgan fingerprint density at radius 1 is 0.403 bits per heavy atom. The SMILES string of the molecule is C=C(/C=c1\c(=C)c2ccccc2n1-c1ccccc1)c1ccc(N(c2ccc3c(c2)C(C)(C)c2cc(-n4c5ccccc5c5ccccc54)ccc2-3)c2ccc(-n3c4ccccc4c4ccccc43)c3ccccc23)cc1. The van der Waals surface area contributed by atoms with Crippen LogP contribution in [0.25, 0.3) is 112 Å². The highest BCUT2D eigenvalue weighted by atomic mass is 15.1. The third kappa shape index (κ3) is 6.72. The van der Waals surface area contributed by atoms with Crippen molar-refractivity contribution in [3.8, 4) is 28.2 Å². The van der Waals surface area contributed by atoms with Crippen LogP contribution in [-0.2, 0) is 5.41 Å². The molecule has 1 aliphatic carbocycles. The number of para-hydroxylation sites is 6. The van der Waals surface area contributed by atoms with Crippen molar-refractivity contribution in [1.29, 1.82) is 0 Å². The van der Waals surface area contributed by atoms with Crippen LogP contribution in [0.2, 0.25) is 0 Å². The van der Waals surface area contributed by atoms with Gasteiger partial charge in [0, 0.05) is 71.1 Å². The first-order chi connectivity index (χ1) is 37.8. The summed E-state index contributed by atoms with van der Waals surface area (Å²) >= 11 is 0. The molecule has 0 spiro atoms. The zero-order valence-corrected chi connectivity index (χ0v) is 43.0. The minimum atomic E-state index is -0.295. The van der Waals surface area contributed by atoms with Gasteiger partial charge in [-0.05, 0) is 130 Å². The summed E-state index contributed by atoms with van der Waals surface area (Å²) in [5, 5.41) is 10.5. The van der Waals surface area contributed by atoms with Gasteiger partial charge in [0.1, 0.15) is 0 Å². The maximum absolute atomic E-state index is 4.69. The van der Waals surface area contributed by atoms with E-state index >= 15 is 0 Å². The third-order valence-corrected chi connectivity index (χ3v) is 16.5. The Hall–Kier alpha value is -9.90. The molecule has 0 unspecified atom stereocenters. The lowest BCUT2D eigenvalue weighted by molar-refractivity contribution is 0.660. The van der Waals surface area contributed by atoms with E-state index < -0.39 is 0 Å². The highest BCUT2D eigenvalue weighted by Gasteiger charge is 2.37. The standard InChI is InChI=1S/C73H52N4/c1-47(44-72-48(2)54-22-10-15-29-65(54)75(72)50-20-6-5-7-21-50)49-34-36-51(37-35-49)74(70-42-43-71(62-24-9-8-23-61(62)70)77-68-32-18-13-27-59(68)60-28-14-19-33-69(60)77)52-38-40-55-56-41-39-53(46-64(56)73(3,4)63(55)45-52)76-66-30-16-11-25-57(66)58-26-12-17-31-67(58)76/h5-46H,1-2H2,3-4H3/b72-44+. The van der Waals surface area contributed by atoms with E-state index in [9.17, 15) is 0 Å². The Morgan fingerprint density at radius 3 is 1.47 bits per heavy atom. The fourth-order valence-corrected chi connectivity index (χ4v) is 12.9. The van der Waals surface area contributed by atoms with Crippen molar-refractivity contribution >= 4 is 101 Å². The largest absolute Gasteiger partial charge is 0.310 e. The lowest BCUT2D eigenvalue weighted by atomic mass is 9.82. The highest BCUT2D eigenvalue weighted by molar-refractivity contribution is 6.12. The van der Waals surface area contributed by atoms with Crippen molar-refractivity contribution < 1.29 is 0 Å². The van der Waals surface area contributed by atoms with Gasteiger partial charge in [-0.15, -0.1) is 0 Å². The molecule has 11 aromatic carbocycles. The monoisotopic (exact) mass is 984 g/mol. The summed E-state index contributed by atoms with van der Waals surface area (Å²) < 4.78 is 7.17. The molecule has 0 radical (unpaired) electrons. The molecule has 77 heavy (non-hydrogen) atoms. The molecule has 0 saturated heterocycles. The lowest BCUT2D eigenvalue weighted by Crippen LogP contribution is -2.27. The first-order valence-corrected chi connectivity index (χ1v) is 26.6. The molecule has 4 heteroatoms. The molecule has 0 amide bonds. The van der Waals surface area contributed by atoms with Crippen LogP contribution in [0.5, 0.6) is 0 Å². The van der Waals surface area contributed by atoms with Crippen LogP contribution in [0, 0.1) is 0 Å². The maximum Gasteiger partial charge on any atom is 0.0542 e. The third-order valence-electron chi connectivity index (χ3n) is 16.5. The van der Waals surface area contributed by atoms with Crippen molar-refractivity contribution in [2.45, 2.75) is 19.3 Å². The molecule has 0 bridgehead atoms. The Labute approximate surface area is 446 Å². The van der Waals surface area contributed by atoms with Crippen molar-refractivity contribution in [3.63, 3.8) is 0 Å². The molecular formula is C73H52N4. The maximum atomic E-state index is 4.69. The molecule has 1 aliphatic rings. The van der Waals surface area contributed by atoms with Crippen LogP contribution in [0.3, 0.4) is 0 Å². The van der Waals surface area contributed by atoms with Crippen LogP contribution in [-0.4, -0.2) is 13.7 Å². The number of aromatic nitrogens is 3. The molecule has 4 nitrogen and oxygen atoms in total. The predicted molar refractivity (Wildman–Crippen MR) is 326 cm³/mol. The number of anilines is 3. The van der Waals surface area contributed by atoms with Gasteiger partial charge in [-0.3, -0.25) is 0 Å². The number of hydrogen-bond acceptors (Lipinski definition) is 1. The van der Waals surface area contributed by atoms with Gasteiger partial charge < -0.3 is 18.6 Å². The summed E-state index contributed by atoms with van der Waals surface area (Å²) in [4.78, 5) is 2.46. The van der Waals surface area contributed by atoms with Gasteiger partial charge in [0.25, 0.3) is 0 Å². The second-order valence-electron chi connectivity index (χ2n) is 21.1. The normalized spacial score (nSPS) is 13.1. The van der Waals surface area contributed by atoms with Gasteiger partial charge in [-0.2, -0.15) is 0 Å². The minimum Gasteiger partial charge on any atom is -0.310 e. The first kappa shape index (κ1) is 44.6. The first-order valence-electron chi connectivity index (χ1n) is 26.6. The van der Waals surface area contributed by atoms with Crippen LogP contribution in [0.4, 0.5) is 17.1 Å². The molecule has 15 rings (SSSR count). The van der Waals surface area contributed by atoms with Gasteiger partial charge in [0.15, 0.2) is 0 Å². The summed E-state index contributed by atoms with van der Waals surface area (Å²) in [6.07, 6.45) is 2.19. The smallest absolute Gasteiger partial charge is 0.0542 e. The second-order valence-corrected chi connectivity index (χ2v) is 21.1. The molecule has 0 saturated carbocycles. The van der Waals surface area contributed by atoms with Gasteiger partial charge in [-0.1, -0.05) is 185 Å². The summed E-state index contributed by atoms with van der Waals surface area (Å²) in [6.45, 7) is 14.1. The van der Waals surface area contributed by atoms with Crippen molar-refractivity contribution in [2.75, 3.05) is 4.90 Å². The minimum absolute atomic E-state index is 0.295. The van der Waals surface area contributed by atoms with Crippen molar-refractivity contribution in [3.05, 3.63) is 283 Å². The fourth-order valence-electron chi connectivity index (χ4n) is 12.9. The molecule has 0 fully saturated rings. The molecule has 3 aromatic heterocycles. The number of rotatable bonds is 8.